The van der Waals surface area contributed by atoms with E-state index in [1.54, 1.807) is 20.1 Å². The van der Waals surface area contributed by atoms with Crippen molar-refractivity contribution in [2.75, 3.05) is 13.7 Å². The van der Waals surface area contributed by atoms with Gasteiger partial charge in [-0.05, 0) is 26.0 Å². The highest BCUT2D eigenvalue weighted by atomic mass is 32.1. The first-order valence-corrected chi connectivity index (χ1v) is 6.91. The molecule has 0 aliphatic carbocycles. The standard InChI is InChI=1S/C14H15NO4S/c1-4-19-11-9(6-5-7-10(11)18-3)13-15-8(2)12(20-13)14(16)17/h5-7H,4H2,1-3H3,(H,16,17). The second-order valence-corrected chi connectivity index (χ2v) is 5.01. The quantitative estimate of drug-likeness (QED) is 0.916. The van der Waals surface area contributed by atoms with Crippen LogP contribution in [0, 0.1) is 6.92 Å². The minimum absolute atomic E-state index is 0.241. The molecule has 20 heavy (non-hydrogen) atoms. The molecule has 0 radical (unpaired) electrons. The third-order valence-corrected chi connectivity index (χ3v) is 3.89. The van der Waals surface area contributed by atoms with Gasteiger partial charge in [0.05, 0.1) is 25.0 Å². The number of aryl methyl sites for hydroxylation is 1. The molecule has 5 nitrogen and oxygen atoms in total. The van der Waals surface area contributed by atoms with Gasteiger partial charge >= 0.3 is 5.97 Å². The number of aromatic nitrogens is 1. The van der Waals surface area contributed by atoms with Crippen molar-refractivity contribution < 1.29 is 19.4 Å². The Morgan fingerprint density at radius 2 is 2.20 bits per heavy atom. The SMILES string of the molecule is CCOc1c(OC)cccc1-c1nc(C)c(C(=O)O)s1. The molecule has 0 fully saturated rings. The molecule has 0 saturated carbocycles. The third-order valence-electron chi connectivity index (χ3n) is 2.71. The molecule has 2 rings (SSSR count). The summed E-state index contributed by atoms with van der Waals surface area (Å²) < 4.78 is 10.9. The number of hydrogen-bond donors (Lipinski definition) is 1. The summed E-state index contributed by atoms with van der Waals surface area (Å²) in [6, 6.07) is 5.47. The Labute approximate surface area is 120 Å². The van der Waals surface area contributed by atoms with Gasteiger partial charge in [0.15, 0.2) is 11.5 Å². The largest absolute Gasteiger partial charge is 0.493 e. The van der Waals surface area contributed by atoms with Gasteiger partial charge in [0.25, 0.3) is 0 Å². The van der Waals surface area contributed by atoms with Gasteiger partial charge in [-0.2, -0.15) is 0 Å². The van der Waals surface area contributed by atoms with E-state index >= 15 is 0 Å². The van der Waals surface area contributed by atoms with Crippen LogP contribution >= 0.6 is 11.3 Å². The van der Waals surface area contributed by atoms with E-state index in [9.17, 15) is 4.79 Å². The molecule has 1 aromatic heterocycles. The number of hydrogen-bond acceptors (Lipinski definition) is 5. The minimum atomic E-state index is -0.966. The molecule has 0 atom stereocenters. The molecule has 0 bridgehead atoms. The molecule has 0 unspecified atom stereocenters. The second-order valence-electron chi connectivity index (χ2n) is 4.01. The van der Waals surface area contributed by atoms with Crippen LogP contribution in [-0.2, 0) is 0 Å². The van der Waals surface area contributed by atoms with Gasteiger partial charge in [-0.15, -0.1) is 11.3 Å². The third kappa shape index (κ3) is 2.60. The predicted molar refractivity (Wildman–Crippen MR) is 77.0 cm³/mol. The highest BCUT2D eigenvalue weighted by Crippen LogP contribution is 2.40. The van der Waals surface area contributed by atoms with Gasteiger partial charge in [-0.3, -0.25) is 0 Å². The summed E-state index contributed by atoms with van der Waals surface area (Å²) in [6.45, 7) is 4.06. The Morgan fingerprint density at radius 3 is 2.75 bits per heavy atom. The van der Waals surface area contributed by atoms with E-state index < -0.39 is 5.97 Å². The van der Waals surface area contributed by atoms with E-state index in [4.69, 9.17) is 14.6 Å². The minimum Gasteiger partial charge on any atom is -0.493 e. The van der Waals surface area contributed by atoms with E-state index in [1.807, 2.05) is 19.1 Å². The molecule has 1 N–H and O–H groups in total. The lowest BCUT2D eigenvalue weighted by Gasteiger charge is -2.12. The van der Waals surface area contributed by atoms with Gasteiger partial charge < -0.3 is 14.6 Å². The van der Waals surface area contributed by atoms with Crippen LogP contribution in [0.3, 0.4) is 0 Å². The van der Waals surface area contributed by atoms with Crippen LogP contribution in [0.25, 0.3) is 10.6 Å². The maximum absolute atomic E-state index is 11.1. The Morgan fingerprint density at radius 1 is 1.45 bits per heavy atom. The van der Waals surface area contributed by atoms with E-state index in [2.05, 4.69) is 4.98 Å². The van der Waals surface area contributed by atoms with E-state index in [0.29, 0.717) is 28.8 Å². The lowest BCUT2D eigenvalue weighted by molar-refractivity contribution is 0.0701. The number of nitrogens with zero attached hydrogens (tertiary/aromatic N) is 1. The van der Waals surface area contributed by atoms with E-state index in [1.165, 1.54) is 0 Å². The lowest BCUT2D eigenvalue weighted by Crippen LogP contribution is -1.97. The fraction of sp³-hybridized carbons (Fsp3) is 0.286. The number of para-hydroxylation sites is 1. The van der Waals surface area contributed by atoms with Crippen LogP contribution in [0.2, 0.25) is 0 Å². The molecule has 6 heteroatoms. The molecular weight excluding hydrogens is 278 g/mol. The molecule has 0 aliphatic rings. The maximum Gasteiger partial charge on any atom is 0.347 e. The molecule has 0 saturated heterocycles. The zero-order valence-corrected chi connectivity index (χ0v) is 12.3. The Balaban J connectivity index is 2.57. The average molecular weight is 293 g/mol. The number of rotatable bonds is 5. The first-order valence-electron chi connectivity index (χ1n) is 6.09. The van der Waals surface area contributed by atoms with Crippen molar-refractivity contribution in [3.63, 3.8) is 0 Å². The molecule has 106 valence electrons. The molecule has 1 heterocycles. The molecular formula is C14H15NO4S. The lowest BCUT2D eigenvalue weighted by atomic mass is 10.2. The Bertz CT molecular complexity index is 636. The number of carbonyl (C=O) groups is 1. The van der Waals surface area contributed by atoms with Crippen molar-refractivity contribution >= 4 is 17.3 Å². The normalized spacial score (nSPS) is 10.3. The van der Waals surface area contributed by atoms with Crippen molar-refractivity contribution in [1.82, 2.24) is 4.98 Å². The number of carboxylic acid groups (broad SMARTS) is 1. The Hall–Kier alpha value is -2.08. The number of methoxy groups -OCH3 is 1. The van der Waals surface area contributed by atoms with Gasteiger partial charge in [-0.1, -0.05) is 6.07 Å². The fourth-order valence-electron chi connectivity index (χ4n) is 1.85. The molecule has 0 aliphatic heterocycles. The highest BCUT2D eigenvalue weighted by molar-refractivity contribution is 7.17. The topological polar surface area (TPSA) is 68.7 Å². The summed E-state index contributed by atoms with van der Waals surface area (Å²) in [4.78, 5) is 15.7. The summed E-state index contributed by atoms with van der Waals surface area (Å²) >= 11 is 1.13. The summed E-state index contributed by atoms with van der Waals surface area (Å²) in [5.74, 6) is 0.226. The number of thiazole rings is 1. The zero-order chi connectivity index (χ0) is 14.7. The summed E-state index contributed by atoms with van der Waals surface area (Å²) in [6.07, 6.45) is 0. The van der Waals surface area contributed by atoms with Gasteiger partial charge in [0, 0.05) is 0 Å². The fourth-order valence-corrected chi connectivity index (χ4v) is 2.78. The molecule has 2 aromatic rings. The van der Waals surface area contributed by atoms with Crippen molar-refractivity contribution in [3.8, 4) is 22.1 Å². The van der Waals surface area contributed by atoms with Crippen LogP contribution in [0.4, 0.5) is 0 Å². The van der Waals surface area contributed by atoms with Crippen LogP contribution in [0.1, 0.15) is 22.3 Å². The highest BCUT2D eigenvalue weighted by Gasteiger charge is 2.19. The van der Waals surface area contributed by atoms with Crippen LogP contribution in [0.15, 0.2) is 18.2 Å². The van der Waals surface area contributed by atoms with Crippen molar-refractivity contribution in [2.45, 2.75) is 13.8 Å². The smallest absolute Gasteiger partial charge is 0.347 e. The predicted octanol–water partition coefficient (Wildman–Crippen LogP) is 3.22. The first-order chi connectivity index (χ1) is 9.58. The van der Waals surface area contributed by atoms with Crippen molar-refractivity contribution in [3.05, 3.63) is 28.8 Å². The Kier molecular flexibility index (Phi) is 4.24. The average Bonchev–Trinajstić information content (AvgIpc) is 2.81. The van der Waals surface area contributed by atoms with Crippen LogP contribution in [0.5, 0.6) is 11.5 Å². The summed E-state index contributed by atoms with van der Waals surface area (Å²) in [7, 11) is 1.57. The first kappa shape index (κ1) is 14.3. The number of benzene rings is 1. The number of aromatic carboxylic acids is 1. The molecule has 0 spiro atoms. The summed E-state index contributed by atoms with van der Waals surface area (Å²) in [5.41, 5.74) is 1.24. The van der Waals surface area contributed by atoms with Crippen LogP contribution in [-0.4, -0.2) is 29.8 Å². The van der Waals surface area contributed by atoms with Crippen molar-refractivity contribution in [1.29, 1.82) is 0 Å². The number of ether oxygens (including phenoxy) is 2. The number of carboxylic acids is 1. The molecule has 0 amide bonds. The van der Waals surface area contributed by atoms with Gasteiger partial charge in [-0.25, -0.2) is 9.78 Å². The maximum atomic E-state index is 11.1. The molecule has 1 aromatic carbocycles. The van der Waals surface area contributed by atoms with E-state index in [0.717, 1.165) is 16.9 Å². The monoisotopic (exact) mass is 293 g/mol. The summed E-state index contributed by atoms with van der Waals surface area (Å²) in [5, 5.41) is 9.73. The zero-order valence-electron chi connectivity index (χ0n) is 11.5. The van der Waals surface area contributed by atoms with Gasteiger partial charge in [0.2, 0.25) is 0 Å². The van der Waals surface area contributed by atoms with Gasteiger partial charge in [0.1, 0.15) is 9.88 Å². The second kappa shape index (κ2) is 5.92. The van der Waals surface area contributed by atoms with Crippen LogP contribution < -0.4 is 9.47 Å². The van der Waals surface area contributed by atoms with Crippen molar-refractivity contribution in [2.24, 2.45) is 0 Å². The van der Waals surface area contributed by atoms with E-state index in [-0.39, 0.29) is 4.88 Å².